The number of hydrogen-bond donors (Lipinski definition) is 0. The summed E-state index contributed by atoms with van der Waals surface area (Å²) in [6.07, 6.45) is 9.14. The van der Waals surface area contributed by atoms with Gasteiger partial charge in [0.25, 0.3) is 0 Å². The van der Waals surface area contributed by atoms with Gasteiger partial charge in [0, 0.05) is 30.7 Å². The fraction of sp³-hybridized carbons (Fsp3) is 0.111. The molecule has 3 aromatic rings. The molecule has 8 heteroatoms. The van der Waals surface area contributed by atoms with E-state index in [9.17, 15) is 4.39 Å². The van der Waals surface area contributed by atoms with Gasteiger partial charge in [0.2, 0.25) is 0 Å². The second kappa shape index (κ2) is 10.1. The van der Waals surface area contributed by atoms with Crippen molar-refractivity contribution < 1.29 is 8.78 Å². The summed E-state index contributed by atoms with van der Waals surface area (Å²) in [6.45, 7) is 9.82. The maximum atomic E-state index is 15.2. The number of aromatic nitrogens is 2. The normalized spacial score (nSPS) is 13.7. The van der Waals surface area contributed by atoms with Crippen LogP contribution in [0.4, 0.5) is 20.2 Å². The Kier molecular flexibility index (Phi) is 6.98. The second-order valence-corrected chi connectivity index (χ2v) is 8.21. The van der Waals surface area contributed by atoms with Gasteiger partial charge in [0.05, 0.1) is 16.9 Å². The van der Waals surface area contributed by atoms with Crippen LogP contribution in [0.15, 0.2) is 103 Å². The SMILES string of the molecule is C=C/C=C\N(C)c1ccc(N2C=C(CC)C(=C)C(c3ccnn3-c3cccc(Cl)c3F)=N2)c(F)c1. The summed E-state index contributed by atoms with van der Waals surface area (Å²) >= 11 is 5.99. The van der Waals surface area contributed by atoms with Gasteiger partial charge in [0.15, 0.2) is 11.6 Å². The fourth-order valence-electron chi connectivity index (χ4n) is 3.72. The number of halogens is 3. The first-order valence-corrected chi connectivity index (χ1v) is 11.3. The first-order chi connectivity index (χ1) is 16.8. The highest BCUT2D eigenvalue weighted by Crippen LogP contribution is 2.32. The summed E-state index contributed by atoms with van der Waals surface area (Å²) in [6, 6.07) is 11.3. The molecule has 0 unspecified atom stereocenters. The Labute approximate surface area is 208 Å². The van der Waals surface area contributed by atoms with Crippen molar-refractivity contribution in [2.75, 3.05) is 17.0 Å². The van der Waals surface area contributed by atoms with Gasteiger partial charge >= 0.3 is 0 Å². The molecule has 0 aliphatic carbocycles. The average Bonchev–Trinajstić information content (AvgIpc) is 3.33. The minimum Gasteiger partial charge on any atom is -0.351 e. The summed E-state index contributed by atoms with van der Waals surface area (Å²) in [4.78, 5) is 1.78. The zero-order valence-corrected chi connectivity index (χ0v) is 20.2. The topological polar surface area (TPSA) is 36.7 Å². The predicted octanol–water partition coefficient (Wildman–Crippen LogP) is 7.01. The van der Waals surface area contributed by atoms with Gasteiger partial charge in [-0.25, -0.2) is 18.5 Å². The molecule has 0 saturated heterocycles. The van der Waals surface area contributed by atoms with Crippen LogP contribution in [0.5, 0.6) is 0 Å². The van der Waals surface area contributed by atoms with E-state index in [0.717, 1.165) is 5.57 Å². The quantitative estimate of drug-likeness (QED) is 0.333. The summed E-state index contributed by atoms with van der Waals surface area (Å²) in [5, 5.41) is 10.4. The van der Waals surface area contributed by atoms with Crippen LogP contribution in [0.2, 0.25) is 5.02 Å². The third kappa shape index (κ3) is 4.68. The van der Waals surface area contributed by atoms with E-state index < -0.39 is 11.6 Å². The molecule has 0 spiro atoms. The third-order valence-corrected chi connectivity index (χ3v) is 5.91. The largest absolute Gasteiger partial charge is 0.351 e. The van der Waals surface area contributed by atoms with Crippen molar-refractivity contribution in [2.24, 2.45) is 5.10 Å². The number of hydrazone groups is 1. The van der Waals surface area contributed by atoms with Gasteiger partial charge in [-0.2, -0.15) is 10.2 Å². The maximum absolute atomic E-state index is 15.2. The summed E-state index contributed by atoms with van der Waals surface area (Å²) < 4.78 is 31.4. The van der Waals surface area contributed by atoms with E-state index in [4.69, 9.17) is 11.6 Å². The molecule has 0 fully saturated rings. The van der Waals surface area contributed by atoms with Gasteiger partial charge in [-0.05, 0) is 54.5 Å². The van der Waals surface area contributed by atoms with E-state index in [0.29, 0.717) is 29.1 Å². The zero-order chi connectivity index (χ0) is 25.1. The Morgan fingerprint density at radius 3 is 2.66 bits per heavy atom. The lowest BCUT2D eigenvalue weighted by Gasteiger charge is -2.26. The van der Waals surface area contributed by atoms with Crippen molar-refractivity contribution in [2.45, 2.75) is 13.3 Å². The van der Waals surface area contributed by atoms with E-state index in [2.05, 4.69) is 23.4 Å². The Morgan fingerprint density at radius 2 is 1.94 bits per heavy atom. The minimum absolute atomic E-state index is 0.0146. The number of nitrogens with zero attached hydrogens (tertiary/aromatic N) is 5. The molecule has 0 radical (unpaired) electrons. The molecule has 35 heavy (non-hydrogen) atoms. The van der Waals surface area contributed by atoms with Crippen LogP contribution in [-0.2, 0) is 0 Å². The summed E-state index contributed by atoms with van der Waals surface area (Å²) in [7, 11) is 1.82. The summed E-state index contributed by atoms with van der Waals surface area (Å²) in [5.41, 5.74) is 3.60. The molecule has 0 atom stereocenters. The van der Waals surface area contributed by atoms with Crippen LogP contribution >= 0.6 is 11.6 Å². The number of benzene rings is 2. The molecule has 0 bridgehead atoms. The minimum atomic E-state index is -0.597. The molecule has 2 aromatic carbocycles. The lowest BCUT2D eigenvalue weighted by molar-refractivity contribution is 0.610. The number of allylic oxidation sites excluding steroid dienone is 4. The molecule has 0 N–H and O–H groups in total. The molecule has 1 aliphatic heterocycles. The first-order valence-electron chi connectivity index (χ1n) is 10.9. The highest BCUT2D eigenvalue weighted by molar-refractivity contribution is 6.30. The van der Waals surface area contributed by atoms with Crippen molar-refractivity contribution in [1.82, 2.24) is 9.78 Å². The second-order valence-electron chi connectivity index (χ2n) is 7.80. The zero-order valence-electron chi connectivity index (χ0n) is 19.4. The van der Waals surface area contributed by atoms with E-state index in [1.165, 1.54) is 21.8 Å². The van der Waals surface area contributed by atoms with Crippen LogP contribution in [-0.4, -0.2) is 22.5 Å². The van der Waals surface area contributed by atoms with Gasteiger partial charge in [-0.3, -0.25) is 0 Å². The standard InChI is InChI=1S/C27H24ClF2N5/c1-5-7-15-33(4)20-11-12-23(22(29)16-20)34-17-19(6-2)18(3)27(32-34)25-13-14-31-35(25)24-10-8-9-21(28)26(24)30/h5,7-17H,1,3,6H2,2,4H3/b15-7-. The number of rotatable bonds is 7. The van der Waals surface area contributed by atoms with Crippen LogP contribution in [0.25, 0.3) is 5.69 Å². The lowest BCUT2D eigenvalue weighted by atomic mass is 9.98. The van der Waals surface area contributed by atoms with E-state index in [1.54, 1.807) is 66.0 Å². The molecular formula is C27H24ClF2N5. The van der Waals surface area contributed by atoms with Crippen molar-refractivity contribution in [1.29, 1.82) is 0 Å². The third-order valence-electron chi connectivity index (χ3n) is 5.62. The number of anilines is 2. The van der Waals surface area contributed by atoms with Crippen LogP contribution in [0, 0.1) is 11.6 Å². The van der Waals surface area contributed by atoms with Gasteiger partial charge in [-0.15, -0.1) is 0 Å². The molecule has 178 valence electrons. The molecule has 1 aromatic heterocycles. The average molecular weight is 492 g/mol. The molecular weight excluding hydrogens is 468 g/mol. The molecule has 0 saturated carbocycles. The predicted molar refractivity (Wildman–Crippen MR) is 139 cm³/mol. The molecule has 1 aliphatic rings. The smallest absolute Gasteiger partial charge is 0.167 e. The van der Waals surface area contributed by atoms with E-state index in [1.807, 2.05) is 14.0 Å². The van der Waals surface area contributed by atoms with Gasteiger partial charge < -0.3 is 4.90 Å². The first kappa shape index (κ1) is 24.2. The van der Waals surface area contributed by atoms with E-state index in [-0.39, 0.29) is 16.4 Å². The van der Waals surface area contributed by atoms with Gasteiger partial charge in [-0.1, -0.05) is 43.8 Å². The van der Waals surface area contributed by atoms with Crippen LogP contribution in [0.1, 0.15) is 19.0 Å². The Morgan fingerprint density at radius 1 is 1.14 bits per heavy atom. The Hall–Kier alpha value is -3.97. The maximum Gasteiger partial charge on any atom is 0.167 e. The monoisotopic (exact) mass is 491 g/mol. The Balaban J connectivity index is 1.78. The summed E-state index contributed by atoms with van der Waals surface area (Å²) in [5.74, 6) is -1.04. The van der Waals surface area contributed by atoms with Crippen molar-refractivity contribution in [3.8, 4) is 5.69 Å². The van der Waals surface area contributed by atoms with Crippen molar-refractivity contribution in [3.63, 3.8) is 0 Å². The van der Waals surface area contributed by atoms with Crippen molar-refractivity contribution >= 4 is 28.7 Å². The highest BCUT2D eigenvalue weighted by Gasteiger charge is 2.25. The molecule has 4 rings (SSSR count). The van der Waals surface area contributed by atoms with Crippen LogP contribution < -0.4 is 9.91 Å². The van der Waals surface area contributed by atoms with Crippen LogP contribution in [0.3, 0.4) is 0 Å². The van der Waals surface area contributed by atoms with Crippen molar-refractivity contribution in [3.05, 3.63) is 120 Å². The lowest BCUT2D eigenvalue weighted by Crippen LogP contribution is -2.24. The fourth-order valence-corrected chi connectivity index (χ4v) is 3.89. The number of hydrogen-bond acceptors (Lipinski definition) is 4. The molecule has 0 amide bonds. The van der Waals surface area contributed by atoms with E-state index >= 15 is 4.39 Å². The van der Waals surface area contributed by atoms with Gasteiger partial charge in [0.1, 0.15) is 17.1 Å². The Bertz CT molecular complexity index is 1390. The molecule has 5 nitrogen and oxygen atoms in total. The molecule has 2 heterocycles. The highest BCUT2D eigenvalue weighted by atomic mass is 35.5.